The monoisotopic (exact) mass is 394 g/mol. The number of benzene rings is 2. The molecule has 1 aliphatic carbocycles. The van der Waals surface area contributed by atoms with Crippen LogP contribution in [0, 0.1) is 5.92 Å². The van der Waals surface area contributed by atoms with Gasteiger partial charge in [-0.05, 0) is 48.4 Å². The zero-order chi connectivity index (χ0) is 19.6. The van der Waals surface area contributed by atoms with E-state index in [4.69, 9.17) is 0 Å². The summed E-state index contributed by atoms with van der Waals surface area (Å²) in [5.74, 6) is -0.592. The lowest BCUT2D eigenvalue weighted by atomic mass is 9.96. The van der Waals surface area contributed by atoms with E-state index in [1.165, 1.54) is 5.56 Å². The van der Waals surface area contributed by atoms with Gasteiger partial charge in [-0.1, -0.05) is 48.5 Å². The van der Waals surface area contributed by atoms with Crippen LogP contribution in [0.4, 0.5) is 0 Å². The Morgan fingerprint density at radius 3 is 2.64 bits per heavy atom. The molecule has 2 aromatic carbocycles. The number of nitrogens with one attached hydrogen (secondary N) is 1. The van der Waals surface area contributed by atoms with Gasteiger partial charge in [-0.2, -0.15) is 0 Å². The van der Waals surface area contributed by atoms with Crippen LogP contribution in [0.5, 0.6) is 0 Å². The molecule has 4 rings (SSSR count). The van der Waals surface area contributed by atoms with Crippen molar-refractivity contribution >= 4 is 26.8 Å². The highest BCUT2D eigenvalue weighted by molar-refractivity contribution is 7.89. The maximum atomic E-state index is 12.6. The second kappa shape index (κ2) is 7.72. The third-order valence-corrected chi connectivity index (χ3v) is 6.62. The average Bonchev–Trinajstić information content (AvgIpc) is 3.19. The first-order chi connectivity index (χ1) is 13.5. The predicted molar refractivity (Wildman–Crippen MR) is 109 cm³/mol. The zero-order valence-corrected chi connectivity index (χ0v) is 16.2. The molecular formula is C22H22N2O3S. The quantitative estimate of drug-likeness (QED) is 0.715. The number of pyridine rings is 1. The molecule has 2 atom stereocenters. The number of rotatable bonds is 5. The molecule has 5 nitrogen and oxygen atoms in total. The van der Waals surface area contributed by atoms with Gasteiger partial charge in [0.1, 0.15) is 0 Å². The summed E-state index contributed by atoms with van der Waals surface area (Å²) >= 11 is 0. The molecule has 1 N–H and O–H groups in total. The van der Waals surface area contributed by atoms with E-state index in [9.17, 15) is 13.2 Å². The fourth-order valence-corrected chi connectivity index (χ4v) is 5.22. The van der Waals surface area contributed by atoms with Gasteiger partial charge in [-0.25, -0.2) is 8.42 Å². The van der Waals surface area contributed by atoms with Crippen molar-refractivity contribution in [3.8, 4) is 0 Å². The van der Waals surface area contributed by atoms with Gasteiger partial charge < -0.3 is 0 Å². The van der Waals surface area contributed by atoms with Gasteiger partial charge in [-0.3, -0.25) is 14.5 Å². The topological polar surface area (TPSA) is 76.1 Å². The summed E-state index contributed by atoms with van der Waals surface area (Å²) in [7, 11) is -3.77. The summed E-state index contributed by atoms with van der Waals surface area (Å²) in [6, 6.07) is 19.1. The molecule has 0 unspecified atom stereocenters. The summed E-state index contributed by atoms with van der Waals surface area (Å²) in [5.41, 5.74) is 2.59. The van der Waals surface area contributed by atoms with E-state index in [1.54, 1.807) is 24.4 Å². The lowest BCUT2D eigenvalue weighted by Gasteiger charge is -2.13. The van der Waals surface area contributed by atoms with Crippen molar-refractivity contribution < 1.29 is 13.2 Å². The molecule has 0 saturated heterocycles. The molecule has 1 aliphatic rings. The Hall–Kier alpha value is -2.73. The van der Waals surface area contributed by atoms with Crippen molar-refractivity contribution in [1.82, 2.24) is 9.71 Å². The molecule has 144 valence electrons. The van der Waals surface area contributed by atoms with E-state index in [1.807, 2.05) is 30.3 Å². The Morgan fingerprint density at radius 2 is 1.82 bits per heavy atom. The van der Waals surface area contributed by atoms with Crippen molar-refractivity contribution in [2.45, 2.75) is 30.9 Å². The summed E-state index contributed by atoms with van der Waals surface area (Å²) < 4.78 is 27.5. The number of carbonyl (C=O) groups excluding carboxylic acids is 1. The van der Waals surface area contributed by atoms with E-state index in [-0.39, 0.29) is 11.7 Å². The van der Waals surface area contributed by atoms with E-state index in [2.05, 4.69) is 21.8 Å². The first kappa shape index (κ1) is 18.6. The van der Waals surface area contributed by atoms with Gasteiger partial charge in [0.2, 0.25) is 15.9 Å². The molecule has 1 saturated carbocycles. The molecule has 1 amide bonds. The van der Waals surface area contributed by atoms with E-state index in [0.29, 0.717) is 24.3 Å². The highest BCUT2D eigenvalue weighted by Crippen LogP contribution is 2.38. The smallest absolute Gasteiger partial charge is 0.239 e. The Labute approximate surface area is 164 Å². The van der Waals surface area contributed by atoms with Crippen LogP contribution in [0.25, 0.3) is 10.9 Å². The van der Waals surface area contributed by atoms with Crippen LogP contribution < -0.4 is 4.72 Å². The number of fused-ring (bicyclic) bond motifs is 1. The second-order valence-corrected chi connectivity index (χ2v) is 9.05. The fourth-order valence-electron chi connectivity index (χ4n) is 4.02. The van der Waals surface area contributed by atoms with Crippen LogP contribution >= 0.6 is 0 Å². The van der Waals surface area contributed by atoms with Crippen LogP contribution in [0.2, 0.25) is 0 Å². The molecule has 6 heteroatoms. The average molecular weight is 394 g/mol. The minimum Gasteiger partial charge on any atom is -0.274 e. The summed E-state index contributed by atoms with van der Waals surface area (Å²) in [6.07, 6.45) is 3.96. The summed E-state index contributed by atoms with van der Waals surface area (Å²) in [5, 5.41) is 0.785. The number of amides is 1. The Bertz CT molecular complexity index is 1090. The minimum atomic E-state index is -3.77. The molecule has 1 aromatic heterocycles. The molecule has 0 spiro atoms. The molecule has 3 aromatic rings. The Morgan fingerprint density at radius 1 is 1.00 bits per heavy atom. The van der Waals surface area contributed by atoms with Gasteiger partial charge in [0, 0.05) is 17.5 Å². The van der Waals surface area contributed by atoms with Crippen molar-refractivity contribution in [3.05, 3.63) is 78.0 Å². The largest absolute Gasteiger partial charge is 0.274 e. The lowest BCUT2D eigenvalue weighted by molar-refractivity contribution is -0.123. The second-order valence-electron chi connectivity index (χ2n) is 7.33. The third kappa shape index (κ3) is 4.07. The van der Waals surface area contributed by atoms with Crippen molar-refractivity contribution in [2.24, 2.45) is 5.92 Å². The molecule has 0 aliphatic heterocycles. The zero-order valence-electron chi connectivity index (χ0n) is 15.4. The normalized spacial score (nSPS) is 19.6. The molecule has 28 heavy (non-hydrogen) atoms. The van der Waals surface area contributed by atoms with E-state index < -0.39 is 15.9 Å². The van der Waals surface area contributed by atoms with Crippen molar-refractivity contribution in [3.63, 3.8) is 0 Å². The Kier molecular flexibility index (Phi) is 5.13. The van der Waals surface area contributed by atoms with E-state index in [0.717, 1.165) is 17.3 Å². The molecule has 1 heterocycles. The predicted octanol–water partition coefficient (Wildman–Crippen LogP) is 3.76. The minimum absolute atomic E-state index is 0.239. The van der Waals surface area contributed by atoms with Gasteiger partial charge in [0.05, 0.1) is 11.3 Å². The van der Waals surface area contributed by atoms with Gasteiger partial charge >= 0.3 is 0 Å². The van der Waals surface area contributed by atoms with Crippen molar-refractivity contribution in [1.29, 1.82) is 0 Å². The number of sulfonamides is 1. The van der Waals surface area contributed by atoms with Gasteiger partial charge in [0.15, 0.2) is 0 Å². The van der Waals surface area contributed by atoms with E-state index >= 15 is 0 Å². The highest BCUT2D eigenvalue weighted by Gasteiger charge is 2.32. The van der Waals surface area contributed by atoms with Crippen LogP contribution in [0.3, 0.4) is 0 Å². The molecular weight excluding hydrogens is 372 g/mol. The first-order valence-corrected chi connectivity index (χ1v) is 11.1. The number of aromatic nitrogens is 1. The number of carbonyl (C=O) groups is 1. The van der Waals surface area contributed by atoms with Crippen LogP contribution in [0.1, 0.15) is 36.3 Å². The van der Waals surface area contributed by atoms with Crippen LogP contribution in [-0.4, -0.2) is 19.3 Å². The fraction of sp³-hybridized carbons (Fsp3) is 0.273. The molecule has 1 fully saturated rings. The van der Waals surface area contributed by atoms with Gasteiger partial charge in [0.25, 0.3) is 0 Å². The van der Waals surface area contributed by atoms with Crippen LogP contribution in [-0.2, 0) is 20.6 Å². The maximum absolute atomic E-state index is 12.6. The lowest BCUT2D eigenvalue weighted by Crippen LogP contribution is -2.35. The van der Waals surface area contributed by atoms with Crippen molar-refractivity contribution in [2.75, 3.05) is 0 Å². The van der Waals surface area contributed by atoms with Crippen LogP contribution in [0.15, 0.2) is 66.9 Å². The standard InChI is InChI=1S/C22H22N2O3S/c25-22(18-12-11-17(14-18)16-6-2-1-3-7-16)24-28(26,27)15-19-8-4-10-21-20(19)9-5-13-23-21/h1-10,13,17-18H,11-12,14-15H2,(H,24,25)/t17-,18-/m1/s1. The summed E-state index contributed by atoms with van der Waals surface area (Å²) in [4.78, 5) is 16.8. The number of hydrogen-bond acceptors (Lipinski definition) is 4. The highest BCUT2D eigenvalue weighted by atomic mass is 32.2. The Balaban J connectivity index is 1.44. The molecule has 0 radical (unpaired) electrons. The number of nitrogens with zero attached hydrogens (tertiary/aromatic N) is 1. The summed E-state index contributed by atoms with van der Waals surface area (Å²) in [6.45, 7) is 0. The van der Waals surface area contributed by atoms with Gasteiger partial charge in [-0.15, -0.1) is 0 Å². The maximum Gasteiger partial charge on any atom is 0.239 e. The SMILES string of the molecule is O=C(NS(=O)(=O)Cc1cccc2ncccc12)[C@@H]1CC[C@@H](c2ccccc2)C1. The molecule has 0 bridgehead atoms. The first-order valence-electron chi connectivity index (χ1n) is 9.44. The number of hydrogen-bond donors (Lipinski definition) is 1. The third-order valence-electron chi connectivity index (χ3n) is 5.41.